The quantitative estimate of drug-likeness (QED) is 0.168. The molecule has 7 nitrogen and oxygen atoms in total. The summed E-state index contributed by atoms with van der Waals surface area (Å²) >= 11 is 1.74. The van der Waals surface area contributed by atoms with Crippen LogP contribution in [0.2, 0.25) is 0 Å². The average Bonchev–Trinajstić information content (AvgIpc) is 3.85. The summed E-state index contributed by atoms with van der Waals surface area (Å²) in [6.07, 6.45) is 0. The zero-order chi connectivity index (χ0) is 37.0. The summed E-state index contributed by atoms with van der Waals surface area (Å²) in [5.74, 6) is 3.55. The summed E-state index contributed by atoms with van der Waals surface area (Å²) in [6, 6.07) is 57.1. The van der Waals surface area contributed by atoms with E-state index in [1.807, 2.05) is 121 Å². The summed E-state index contributed by atoms with van der Waals surface area (Å²) < 4.78 is 8.71. The molecular formula is C48H28N6OS. The Morgan fingerprint density at radius 2 is 0.839 bits per heavy atom. The van der Waals surface area contributed by atoms with E-state index in [1.165, 1.54) is 0 Å². The Kier molecular flexibility index (Phi) is 7.53. The molecule has 0 atom stereocenters. The second kappa shape index (κ2) is 13.2. The van der Waals surface area contributed by atoms with Crippen LogP contribution in [0, 0.1) is 0 Å². The van der Waals surface area contributed by atoms with Gasteiger partial charge in [0.25, 0.3) is 0 Å². The molecule has 0 aliphatic rings. The van der Waals surface area contributed by atoms with Crippen LogP contribution in [0.15, 0.2) is 174 Å². The van der Waals surface area contributed by atoms with Crippen LogP contribution < -0.4 is 0 Å². The first-order valence-electron chi connectivity index (χ1n) is 18.3. The topological polar surface area (TPSA) is 90.5 Å². The Bertz CT molecular complexity index is 3200. The lowest BCUT2D eigenvalue weighted by atomic mass is 10.0. The normalized spacial score (nSPS) is 11.6. The molecule has 7 aromatic carbocycles. The number of benzene rings is 7. The molecule has 4 aromatic heterocycles. The minimum Gasteiger partial charge on any atom is -0.455 e. The summed E-state index contributed by atoms with van der Waals surface area (Å²) in [7, 11) is 0. The first-order valence-corrected chi connectivity index (χ1v) is 19.1. The molecule has 56 heavy (non-hydrogen) atoms. The molecule has 0 saturated heterocycles. The van der Waals surface area contributed by atoms with Gasteiger partial charge in [0.15, 0.2) is 34.9 Å². The number of para-hydroxylation sites is 2. The van der Waals surface area contributed by atoms with Crippen molar-refractivity contribution in [1.82, 2.24) is 29.9 Å². The maximum absolute atomic E-state index is 6.44. The van der Waals surface area contributed by atoms with E-state index < -0.39 is 0 Å². The summed E-state index contributed by atoms with van der Waals surface area (Å²) in [4.78, 5) is 30.4. The Labute approximate surface area is 324 Å². The molecule has 0 unspecified atom stereocenters. The Morgan fingerprint density at radius 1 is 0.339 bits per heavy atom. The second-order valence-corrected chi connectivity index (χ2v) is 14.6. The van der Waals surface area contributed by atoms with Gasteiger partial charge in [-0.15, -0.1) is 11.3 Å². The number of furan rings is 1. The highest BCUT2D eigenvalue weighted by molar-refractivity contribution is 7.26. The van der Waals surface area contributed by atoms with E-state index >= 15 is 0 Å². The van der Waals surface area contributed by atoms with Gasteiger partial charge in [0.05, 0.1) is 5.56 Å². The molecule has 0 N–H and O–H groups in total. The average molecular weight is 737 g/mol. The van der Waals surface area contributed by atoms with Crippen LogP contribution in [0.5, 0.6) is 0 Å². The number of fused-ring (bicyclic) bond motifs is 6. The smallest absolute Gasteiger partial charge is 0.167 e. The second-order valence-electron chi connectivity index (χ2n) is 13.5. The number of nitrogens with zero attached hydrogens (tertiary/aromatic N) is 6. The highest BCUT2D eigenvalue weighted by Crippen LogP contribution is 2.42. The predicted molar refractivity (Wildman–Crippen MR) is 226 cm³/mol. The van der Waals surface area contributed by atoms with Crippen molar-refractivity contribution in [3.8, 4) is 68.3 Å². The molecule has 0 amide bonds. The van der Waals surface area contributed by atoms with Crippen LogP contribution in [0.4, 0.5) is 0 Å². The lowest BCUT2D eigenvalue weighted by Crippen LogP contribution is -2.00. The van der Waals surface area contributed by atoms with Crippen LogP contribution in [-0.2, 0) is 0 Å². The number of rotatable bonds is 6. The minimum atomic E-state index is 0.543. The molecule has 0 saturated carbocycles. The molecule has 0 spiro atoms. The number of aromatic nitrogens is 6. The Morgan fingerprint density at radius 3 is 1.48 bits per heavy atom. The van der Waals surface area contributed by atoms with Gasteiger partial charge in [-0.1, -0.05) is 133 Å². The van der Waals surface area contributed by atoms with E-state index in [-0.39, 0.29) is 0 Å². The van der Waals surface area contributed by atoms with E-state index in [4.69, 9.17) is 34.3 Å². The highest BCUT2D eigenvalue weighted by Gasteiger charge is 2.20. The van der Waals surface area contributed by atoms with Gasteiger partial charge in [0.1, 0.15) is 11.2 Å². The van der Waals surface area contributed by atoms with E-state index in [1.54, 1.807) is 11.3 Å². The van der Waals surface area contributed by atoms with Gasteiger partial charge in [0.2, 0.25) is 0 Å². The van der Waals surface area contributed by atoms with Crippen molar-refractivity contribution in [3.63, 3.8) is 0 Å². The van der Waals surface area contributed by atoms with Gasteiger partial charge in [-0.05, 0) is 36.4 Å². The van der Waals surface area contributed by atoms with Gasteiger partial charge < -0.3 is 4.42 Å². The Hall–Kier alpha value is -7.42. The molecule has 0 bridgehead atoms. The minimum absolute atomic E-state index is 0.543. The fraction of sp³-hybridized carbons (Fsp3) is 0. The van der Waals surface area contributed by atoms with Crippen LogP contribution in [0.3, 0.4) is 0 Å². The van der Waals surface area contributed by atoms with Crippen molar-refractivity contribution in [2.45, 2.75) is 0 Å². The fourth-order valence-electron chi connectivity index (χ4n) is 7.35. The van der Waals surface area contributed by atoms with Crippen molar-refractivity contribution < 1.29 is 4.42 Å². The largest absolute Gasteiger partial charge is 0.455 e. The fourth-order valence-corrected chi connectivity index (χ4v) is 8.46. The lowest BCUT2D eigenvalue weighted by molar-refractivity contribution is 0.669. The maximum atomic E-state index is 6.44. The third kappa shape index (κ3) is 5.51. The van der Waals surface area contributed by atoms with Crippen molar-refractivity contribution in [3.05, 3.63) is 170 Å². The van der Waals surface area contributed by atoms with Gasteiger partial charge in [-0.3, -0.25) is 0 Å². The van der Waals surface area contributed by atoms with Crippen LogP contribution >= 0.6 is 11.3 Å². The van der Waals surface area contributed by atoms with E-state index in [0.717, 1.165) is 75.5 Å². The maximum Gasteiger partial charge on any atom is 0.167 e. The highest BCUT2D eigenvalue weighted by atomic mass is 32.1. The molecular weight excluding hydrogens is 709 g/mol. The van der Waals surface area contributed by atoms with Crippen LogP contribution in [0.1, 0.15) is 0 Å². The molecule has 4 heterocycles. The summed E-state index contributed by atoms with van der Waals surface area (Å²) in [5.41, 5.74) is 6.93. The predicted octanol–water partition coefficient (Wildman–Crippen LogP) is 12.3. The third-order valence-electron chi connectivity index (χ3n) is 10.0. The zero-order valence-corrected chi connectivity index (χ0v) is 30.5. The van der Waals surface area contributed by atoms with Crippen molar-refractivity contribution >= 4 is 53.4 Å². The van der Waals surface area contributed by atoms with Crippen molar-refractivity contribution in [2.75, 3.05) is 0 Å². The molecule has 0 aliphatic heterocycles. The molecule has 11 aromatic rings. The van der Waals surface area contributed by atoms with Crippen LogP contribution in [0.25, 0.3) is 110 Å². The SMILES string of the molecule is c1ccc(-c2nc(-c3ccc4sc5cccc(-c6nc(-c7ccccc7)nc(-c7ccccc7)n6)c5c4c3)nc(-c3cccc4c3oc3ccccc34)n2)cc1. The molecule has 0 fully saturated rings. The van der Waals surface area contributed by atoms with E-state index in [2.05, 4.69) is 48.5 Å². The number of hydrogen-bond acceptors (Lipinski definition) is 8. The third-order valence-corrected chi connectivity index (χ3v) is 11.1. The summed E-state index contributed by atoms with van der Waals surface area (Å²) in [5, 5.41) is 4.22. The van der Waals surface area contributed by atoms with Gasteiger partial charge in [-0.25, -0.2) is 29.9 Å². The first-order chi connectivity index (χ1) is 27.7. The number of thiophene rings is 1. The lowest BCUT2D eigenvalue weighted by Gasteiger charge is -2.10. The van der Waals surface area contributed by atoms with Gasteiger partial charge >= 0.3 is 0 Å². The Balaban J connectivity index is 1.12. The molecule has 262 valence electrons. The first kappa shape index (κ1) is 32.0. The molecule has 11 rings (SSSR count). The molecule has 0 aliphatic carbocycles. The molecule has 8 heteroatoms. The van der Waals surface area contributed by atoms with Gasteiger partial charge in [-0.2, -0.15) is 0 Å². The summed E-state index contributed by atoms with van der Waals surface area (Å²) in [6.45, 7) is 0. The standard InChI is InChI=1S/C48H28N6OS/c1-4-14-29(15-5-1)43-49-44(30-16-6-2-7-17-30)52-47(51-43)35-22-13-25-40-41(35)37-28-32(26-27-39(37)56-40)46-50-45(31-18-8-3-9-19-31)53-48(54-46)36-23-12-21-34-33-20-10-11-24-38(33)55-42(34)36/h1-28H. The van der Waals surface area contributed by atoms with Crippen LogP contribution in [-0.4, -0.2) is 29.9 Å². The van der Waals surface area contributed by atoms with Gasteiger partial charge in [0, 0.05) is 58.8 Å². The molecule has 0 radical (unpaired) electrons. The van der Waals surface area contributed by atoms with E-state index in [0.29, 0.717) is 34.9 Å². The zero-order valence-electron chi connectivity index (χ0n) is 29.7. The van der Waals surface area contributed by atoms with E-state index in [9.17, 15) is 0 Å². The monoisotopic (exact) mass is 736 g/mol. The number of hydrogen-bond donors (Lipinski definition) is 0. The van der Waals surface area contributed by atoms with Crippen molar-refractivity contribution in [1.29, 1.82) is 0 Å². The van der Waals surface area contributed by atoms with Crippen molar-refractivity contribution in [2.24, 2.45) is 0 Å².